The highest BCUT2D eigenvalue weighted by Crippen LogP contribution is 2.68. The molecule has 7 aliphatic heterocycles. The van der Waals surface area contributed by atoms with E-state index in [1.54, 1.807) is 37.3 Å². The number of rotatable bonds is 26. The van der Waals surface area contributed by atoms with Crippen LogP contribution < -0.4 is 53.1 Å². The van der Waals surface area contributed by atoms with Gasteiger partial charge in [-0.3, -0.25) is 58.5 Å². The Morgan fingerprint density at radius 2 is 1.24 bits per heavy atom. The normalized spacial score (nSPS) is 31.8. The minimum absolute atomic E-state index is 0.00332. The van der Waals surface area contributed by atoms with Crippen LogP contribution in [0.25, 0.3) is 0 Å². The fourth-order valence-electron chi connectivity index (χ4n) is 20.8. The molecule has 6 bridgehead atoms. The Kier molecular flexibility index (Phi) is 29.9. The second-order valence-corrected chi connectivity index (χ2v) is 41.3. The van der Waals surface area contributed by atoms with E-state index in [2.05, 4.69) is 109 Å². The smallest absolute Gasteiger partial charge is 0.408 e. The number of esters is 1. The number of methoxy groups -OCH3 is 1. The Hall–Kier alpha value is -9.85. The molecular formula is C88H108N10O30P3-3. The number of nitrogens with one attached hydrogen (secondary N) is 5. The standard InChI is InChI=1S/C43H64N3O10P.C23H25N2O8P.C22H22N5O12P/c1-26(2)10-8-11-27(3)32-15-16-33-31-14-13-29-22-30(17-19-41(29,4)34(31)18-20-42(32,33)5)54-40(49)44-21-9-12-28-23-46(39(48)45-37(28)47)38-35-36(56-57(7,50)51)43(55-38,24-52-6)25-53-35;1-4-23-14-31-18(19(23)33-34(3,28)29)21(32-23)25-13-17(20(26)24-15(25)2)11-8-12-30-22(27)16-9-6-5-7-10-16;1-3-22-11-37-16(17(22)39-40(2,35)36)20(38-22)25-10-12(18(28)24-21(25)30)5-4-8-23-19(29)14-7-6-13(26(31)32)9-15(14)27(33)34/h13,23,26-27,30-36,38H,8,10-11,14-22,24-25H2,1-7H3,(H,44,49)(H,50,51)(H,45,47,48);5-7,9-10,13,18-19,21H,2,4,12,14H2,1,3H3,(H,24,26)(H,28,29);6-7,9-10,16-17,20H,3,8,11H2,1-2H3,(H,23,29)(H,35,36)(H,24,28,30)/p-3/t27?,30-,31-,32+,33-,34-,35?,36-,38+,41-,42+,43+;18?,19-,21+,23+;16?,17-,20+,22+/m000/s1. The number of aromatic nitrogens is 4. The molecule has 5 N–H and O–H groups in total. The molecule has 0 spiro atoms. The zero-order chi connectivity index (χ0) is 94.8. The number of nitro benzene ring substituents is 2. The van der Waals surface area contributed by atoms with Crippen molar-refractivity contribution >= 4 is 58.0 Å². The lowest BCUT2D eigenvalue weighted by atomic mass is 9.47. The van der Waals surface area contributed by atoms with Crippen molar-refractivity contribution in [2.45, 2.75) is 210 Å². The summed E-state index contributed by atoms with van der Waals surface area (Å²) >= 11 is 0. The number of benzene rings is 2. The molecule has 11 aliphatic rings. The predicted molar refractivity (Wildman–Crippen MR) is 462 cm³/mol. The largest absolute Gasteiger partial charge is 0.779 e. The van der Waals surface area contributed by atoms with Crippen LogP contribution in [0, 0.1) is 102 Å². The first-order valence-electron chi connectivity index (χ1n) is 43.4. The summed E-state index contributed by atoms with van der Waals surface area (Å²) in [6.07, 6.45) is 10.8. The quantitative estimate of drug-likeness (QED) is 0.0108. The number of nitro groups is 2. The lowest BCUT2D eigenvalue weighted by Crippen LogP contribution is -2.51. The lowest BCUT2D eigenvalue weighted by molar-refractivity contribution is -0.394. The summed E-state index contributed by atoms with van der Waals surface area (Å²) in [6, 6.07) is 11.0. The summed E-state index contributed by atoms with van der Waals surface area (Å²) in [7, 11) is -11.0. The third-order valence-corrected chi connectivity index (χ3v) is 28.9. The molecule has 15 rings (SSSR count). The summed E-state index contributed by atoms with van der Waals surface area (Å²) in [6.45, 7) is 22.1. The number of non-ortho nitro benzene ring substituents is 1. The maximum atomic E-state index is 12.9. The number of H-pyrrole nitrogens is 2. The van der Waals surface area contributed by atoms with Gasteiger partial charge >= 0.3 is 23.4 Å². The summed E-state index contributed by atoms with van der Waals surface area (Å²) in [4.78, 5) is 162. The van der Waals surface area contributed by atoms with E-state index in [-0.39, 0.29) is 80.2 Å². The van der Waals surface area contributed by atoms with Crippen molar-refractivity contribution in [3.05, 3.63) is 181 Å². The monoisotopic (exact) mass is 1880 g/mol. The van der Waals surface area contributed by atoms with Crippen LogP contribution in [0.4, 0.5) is 16.2 Å². The molecule has 0 radical (unpaired) electrons. The van der Waals surface area contributed by atoms with Crippen molar-refractivity contribution in [2.75, 3.05) is 73.2 Å². The summed E-state index contributed by atoms with van der Waals surface area (Å²) < 4.78 is 106. The van der Waals surface area contributed by atoms with Gasteiger partial charge in [-0.2, -0.15) is 0 Å². The first-order valence-corrected chi connectivity index (χ1v) is 49.4. The van der Waals surface area contributed by atoms with Crippen LogP contribution in [0.15, 0.2) is 116 Å². The van der Waals surface area contributed by atoms with Gasteiger partial charge in [0.25, 0.3) is 34.3 Å². The molecule has 3 saturated carbocycles. The van der Waals surface area contributed by atoms with Crippen molar-refractivity contribution in [3.63, 3.8) is 0 Å². The third kappa shape index (κ3) is 21.4. The Bertz CT molecular complexity index is 5770. The number of carbonyl (C=O) groups is 4. The number of amides is 3. The molecule has 23 atom stereocenters. The van der Waals surface area contributed by atoms with E-state index >= 15 is 0 Å². The van der Waals surface area contributed by atoms with Crippen LogP contribution >= 0.6 is 22.8 Å². The average molecular weight is 1880 g/mol. The zero-order valence-electron chi connectivity index (χ0n) is 74.3. The molecule has 131 heavy (non-hydrogen) atoms. The Morgan fingerprint density at radius 3 is 1.80 bits per heavy atom. The van der Waals surface area contributed by atoms with Gasteiger partial charge in [0.2, 0.25) is 0 Å². The Labute approximate surface area is 754 Å². The fourth-order valence-corrected chi connectivity index (χ4v) is 22.9. The van der Waals surface area contributed by atoms with E-state index in [0.717, 1.165) is 103 Å². The van der Waals surface area contributed by atoms with E-state index in [9.17, 15) is 87.0 Å². The molecule has 43 heteroatoms. The van der Waals surface area contributed by atoms with Gasteiger partial charge in [-0.25, -0.2) is 19.2 Å². The highest BCUT2D eigenvalue weighted by Gasteiger charge is 2.67. The van der Waals surface area contributed by atoms with Crippen LogP contribution in [0.5, 0.6) is 0 Å². The van der Waals surface area contributed by atoms with Crippen molar-refractivity contribution in [1.29, 1.82) is 0 Å². The molecule has 3 amide bonds. The average Bonchev–Trinajstić information content (AvgIpc) is 1.68. The molecule has 2 aromatic heterocycles. The van der Waals surface area contributed by atoms with Gasteiger partial charge in [-0.05, 0) is 122 Å². The number of hydrogen-bond acceptors (Lipinski definition) is 31. The van der Waals surface area contributed by atoms with Gasteiger partial charge in [-0.1, -0.05) is 140 Å². The minimum Gasteiger partial charge on any atom is -0.779 e. The predicted octanol–water partition coefficient (Wildman–Crippen LogP) is 6.79. The van der Waals surface area contributed by atoms with Gasteiger partial charge in [0.05, 0.1) is 61.0 Å². The van der Waals surface area contributed by atoms with Crippen molar-refractivity contribution in [3.8, 4) is 35.5 Å². The summed E-state index contributed by atoms with van der Waals surface area (Å²) in [5.41, 5.74) is -6.12. The van der Waals surface area contributed by atoms with Crippen LogP contribution in [0.2, 0.25) is 0 Å². The molecule has 9 heterocycles. The highest BCUT2D eigenvalue weighted by molar-refractivity contribution is 7.51. The van der Waals surface area contributed by atoms with Crippen molar-refractivity contribution < 1.29 is 114 Å². The SMILES string of the molecule is C=C1NC(=O)C(C#CCOC(=O)c2ccccc2)=CN1[C@@H]1O[C@]2(CC)COC1[C@@H]2OP(C)(=O)[O-].CC[C@]12COC([C@H](n3cc(C#CCNC(=O)c4ccc([N+](=O)[O-])cc4[N+](=O)[O-])c(=O)[nH]c3=O)O1)[C@@H]2OP(C)(=O)[O-].COC[C@]12COC([C@H](n3cc(C#CCNC(=O)O[C@H]4CC[C@@]5(C)C(=CC[C@H]6[C@@H]7CC[C@H](C(C)CCCC(C)C)[C@@]7(C)CC[C@@H]65)C4)c(=O)[nH]c3=O)O1)[C@@H]2OP(C)(=O)[O-]. The number of carbonyl (C=O) groups excluding carboxylic acids is 4. The molecule has 6 saturated heterocycles. The number of fused-ring (bicyclic) bond motifs is 11. The number of aromatic amines is 2. The molecular weight excluding hydrogens is 1770 g/mol. The molecule has 4 aromatic rings. The molecule has 708 valence electrons. The first kappa shape index (κ1) is 98.6. The highest BCUT2D eigenvalue weighted by atomic mass is 31.2. The van der Waals surface area contributed by atoms with Crippen LogP contribution in [-0.4, -0.2) is 197 Å². The molecule has 40 nitrogen and oxygen atoms in total. The zero-order valence-corrected chi connectivity index (χ0v) is 77.0. The van der Waals surface area contributed by atoms with E-state index in [1.165, 1.54) is 74.9 Å². The van der Waals surface area contributed by atoms with Crippen molar-refractivity contribution in [1.82, 2.24) is 40.0 Å². The topological polar surface area (TPSA) is 535 Å². The number of ether oxygens (including phenoxy) is 9. The molecule has 7 unspecified atom stereocenters. The number of alkyl carbamates (subject to hydrolysis) is 1. The van der Waals surface area contributed by atoms with Gasteiger partial charge in [0, 0.05) is 58.2 Å². The fraction of sp³-hybridized carbons (Fsp3) is 0.591. The van der Waals surface area contributed by atoms with E-state index < -0.39 is 168 Å². The van der Waals surface area contributed by atoms with Gasteiger partial charge < -0.3 is 105 Å². The van der Waals surface area contributed by atoms with E-state index in [1.807, 2.05) is 6.92 Å². The second kappa shape index (κ2) is 39.8. The minimum atomic E-state index is -4.21. The first-order chi connectivity index (χ1) is 61.9. The van der Waals surface area contributed by atoms with E-state index in [0.29, 0.717) is 35.8 Å². The molecule has 2 aromatic carbocycles. The molecule has 4 aliphatic carbocycles. The van der Waals surface area contributed by atoms with Crippen LogP contribution in [-0.2, 0) is 74.7 Å². The second-order valence-electron chi connectivity index (χ2n) is 36.0. The maximum absolute atomic E-state index is 12.9. The Balaban J connectivity index is 0.000000174. The van der Waals surface area contributed by atoms with Gasteiger partial charge in [0.15, 0.2) is 25.3 Å². The maximum Gasteiger partial charge on any atom is 0.408 e. The number of nitrogens with zero attached hydrogens (tertiary/aromatic N) is 5. The third-order valence-electron chi connectivity index (χ3n) is 27.0. The van der Waals surface area contributed by atoms with Crippen LogP contribution in [0.1, 0.15) is 176 Å². The summed E-state index contributed by atoms with van der Waals surface area (Å²) in [5.74, 6) is 18.7. The van der Waals surface area contributed by atoms with E-state index in [4.69, 9.17) is 56.2 Å². The van der Waals surface area contributed by atoms with Crippen molar-refractivity contribution in [2.24, 2.45) is 46.3 Å². The van der Waals surface area contributed by atoms with Gasteiger partial charge in [-0.15, -0.1) is 0 Å². The Morgan fingerprint density at radius 1 is 0.687 bits per heavy atom. The lowest BCUT2D eigenvalue weighted by Gasteiger charge is -2.58. The molecule has 9 fully saturated rings. The van der Waals surface area contributed by atoms with Crippen LogP contribution in [0.3, 0.4) is 0 Å². The summed E-state index contributed by atoms with van der Waals surface area (Å²) in [5, 5.41) is 29.7. The number of hydrogen-bond donors (Lipinski definition) is 5. The van der Waals surface area contributed by atoms with Gasteiger partial charge in [0.1, 0.15) is 110 Å². The number of allylic oxidation sites excluding steroid dienone is 1.